The summed E-state index contributed by atoms with van der Waals surface area (Å²) in [5.74, 6) is -0.754. The van der Waals surface area contributed by atoms with Crippen molar-refractivity contribution in [3.05, 3.63) is 35.2 Å². The highest BCUT2D eigenvalue weighted by Gasteiger charge is 2.13. The zero-order valence-electron chi connectivity index (χ0n) is 9.98. The van der Waals surface area contributed by atoms with Gasteiger partial charge in [-0.2, -0.15) is 5.10 Å². The number of nitrogens with one attached hydrogen (secondary N) is 2. The van der Waals surface area contributed by atoms with E-state index in [1.807, 2.05) is 0 Å². The van der Waals surface area contributed by atoms with Crippen molar-refractivity contribution in [3.8, 4) is 11.5 Å². The molecule has 18 heavy (non-hydrogen) atoms. The van der Waals surface area contributed by atoms with Crippen LogP contribution < -0.4 is 5.32 Å². The number of phenolic OH excluding ortho intramolecular Hbond substituents is 2. The average molecular weight is 247 g/mol. The number of benzene rings is 1. The molecule has 0 fully saturated rings. The first-order chi connectivity index (χ1) is 8.47. The van der Waals surface area contributed by atoms with E-state index in [0.717, 1.165) is 11.8 Å². The molecular formula is C12H13N3O3. The second-order valence-corrected chi connectivity index (χ2v) is 4.00. The summed E-state index contributed by atoms with van der Waals surface area (Å²) in [6.45, 7) is 3.55. The molecule has 4 N–H and O–H groups in total. The number of aromatic nitrogens is 2. The van der Waals surface area contributed by atoms with Gasteiger partial charge in [-0.15, -0.1) is 0 Å². The largest absolute Gasteiger partial charge is 0.508 e. The van der Waals surface area contributed by atoms with Crippen LogP contribution in [0.4, 0.5) is 5.69 Å². The molecule has 0 atom stereocenters. The highest BCUT2D eigenvalue weighted by molar-refractivity contribution is 6.05. The number of anilines is 1. The molecule has 0 aliphatic rings. The number of nitrogens with zero attached hydrogens (tertiary/aromatic N) is 1. The van der Waals surface area contributed by atoms with Gasteiger partial charge in [0.15, 0.2) is 0 Å². The van der Waals surface area contributed by atoms with Gasteiger partial charge in [0.2, 0.25) is 0 Å². The highest BCUT2D eigenvalue weighted by atomic mass is 16.3. The molecule has 1 amide bonds. The molecule has 0 saturated carbocycles. The van der Waals surface area contributed by atoms with Crippen molar-refractivity contribution in [2.45, 2.75) is 13.8 Å². The summed E-state index contributed by atoms with van der Waals surface area (Å²) in [5.41, 5.74) is 2.19. The van der Waals surface area contributed by atoms with E-state index >= 15 is 0 Å². The molecule has 0 aliphatic heterocycles. The molecule has 6 nitrogen and oxygen atoms in total. The van der Waals surface area contributed by atoms with Gasteiger partial charge in [-0.3, -0.25) is 9.89 Å². The molecule has 0 bridgehead atoms. The van der Waals surface area contributed by atoms with E-state index in [-0.39, 0.29) is 17.1 Å². The molecule has 1 aromatic carbocycles. The number of H-pyrrole nitrogens is 1. The van der Waals surface area contributed by atoms with Crippen LogP contribution in [0, 0.1) is 13.8 Å². The Bertz CT molecular complexity index is 565. The normalized spacial score (nSPS) is 10.3. The van der Waals surface area contributed by atoms with E-state index in [1.54, 1.807) is 13.8 Å². The standard InChI is InChI=1S/C12H13N3O3/c1-6-11(7(2)15-14-6)13-12(18)8-3-9(16)5-10(17)4-8/h3-5,16-17H,1-2H3,(H,13,18)(H,14,15). The Kier molecular flexibility index (Phi) is 2.93. The van der Waals surface area contributed by atoms with Crippen molar-refractivity contribution in [3.63, 3.8) is 0 Å². The van der Waals surface area contributed by atoms with Crippen molar-refractivity contribution in [1.82, 2.24) is 10.2 Å². The number of aromatic hydroxyl groups is 2. The molecule has 0 saturated heterocycles. The number of hydrogen-bond donors (Lipinski definition) is 4. The lowest BCUT2D eigenvalue weighted by molar-refractivity contribution is 0.102. The maximum atomic E-state index is 11.9. The number of carbonyl (C=O) groups excluding carboxylic acids is 1. The summed E-state index contributed by atoms with van der Waals surface area (Å²) >= 11 is 0. The predicted octanol–water partition coefficient (Wildman–Crippen LogP) is 1.69. The molecule has 0 radical (unpaired) electrons. The minimum atomic E-state index is -0.422. The molecule has 0 aliphatic carbocycles. The van der Waals surface area contributed by atoms with Gasteiger partial charge in [0.25, 0.3) is 5.91 Å². The van der Waals surface area contributed by atoms with Gasteiger partial charge in [-0.25, -0.2) is 0 Å². The Morgan fingerprint density at radius 3 is 2.33 bits per heavy atom. The minimum absolute atomic E-state index is 0.166. The molecule has 94 valence electrons. The van der Waals surface area contributed by atoms with Crippen molar-refractivity contribution in [2.75, 3.05) is 5.32 Å². The van der Waals surface area contributed by atoms with E-state index in [4.69, 9.17) is 0 Å². The lowest BCUT2D eigenvalue weighted by Gasteiger charge is -2.06. The molecule has 2 aromatic rings. The number of aryl methyl sites for hydroxylation is 2. The van der Waals surface area contributed by atoms with Crippen LogP contribution in [0.25, 0.3) is 0 Å². The zero-order valence-corrected chi connectivity index (χ0v) is 9.98. The first kappa shape index (κ1) is 12.0. The Morgan fingerprint density at radius 2 is 1.83 bits per heavy atom. The van der Waals surface area contributed by atoms with Gasteiger partial charge >= 0.3 is 0 Å². The first-order valence-corrected chi connectivity index (χ1v) is 5.33. The summed E-state index contributed by atoms with van der Waals surface area (Å²) in [6, 6.07) is 3.71. The molecule has 0 unspecified atom stereocenters. The number of aromatic amines is 1. The maximum absolute atomic E-state index is 11.9. The van der Waals surface area contributed by atoms with Crippen LogP contribution in [-0.4, -0.2) is 26.3 Å². The van der Waals surface area contributed by atoms with E-state index in [9.17, 15) is 15.0 Å². The number of phenols is 2. The first-order valence-electron chi connectivity index (χ1n) is 5.33. The summed E-state index contributed by atoms with van der Waals surface area (Å²) in [7, 11) is 0. The molecule has 2 rings (SSSR count). The van der Waals surface area contributed by atoms with Crippen LogP contribution in [0.15, 0.2) is 18.2 Å². The van der Waals surface area contributed by atoms with Crippen molar-refractivity contribution in [2.24, 2.45) is 0 Å². The van der Waals surface area contributed by atoms with Crippen LogP contribution >= 0.6 is 0 Å². The summed E-state index contributed by atoms with van der Waals surface area (Å²) < 4.78 is 0. The lowest BCUT2D eigenvalue weighted by Crippen LogP contribution is -2.12. The quantitative estimate of drug-likeness (QED) is 0.649. The number of carbonyl (C=O) groups is 1. The van der Waals surface area contributed by atoms with Gasteiger partial charge in [-0.1, -0.05) is 0 Å². The third-order valence-corrected chi connectivity index (χ3v) is 2.53. The van der Waals surface area contributed by atoms with Gasteiger partial charge in [0.05, 0.1) is 17.1 Å². The molecular weight excluding hydrogens is 234 g/mol. The van der Waals surface area contributed by atoms with Crippen LogP contribution in [0.1, 0.15) is 21.7 Å². The van der Waals surface area contributed by atoms with Gasteiger partial charge in [0.1, 0.15) is 11.5 Å². The number of amides is 1. The molecule has 1 aromatic heterocycles. The monoisotopic (exact) mass is 247 g/mol. The third-order valence-electron chi connectivity index (χ3n) is 2.53. The minimum Gasteiger partial charge on any atom is -0.508 e. The number of hydrogen-bond acceptors (Lipinski definition) is 4. The smallest absolute Gasteiger partial charge is 0.256 e. The van der Waals surface area contributed by atoms with E-state index in [2.05, 4.69) is 15.5 Å². The maximum Gasteiger partial charge on any atom is 0.256 e. The summed E-state index contributed by atoms with van der Waals surface area (Å²) in [6.07, 6.45) is 0. The zero-order chi connectivity index (χ0) is 13.3. The third kappa shape index (κ3) is 2.27. The number of rotatable bonds is 2. The van der Waals surface area contributed by atoms with Crippen molar-refractivity contribution < 1.29 is 15.0 Å². The molecule has 1 heterocycles. The Hall–Kier alpha value is -2.50. The fourth-order valence-corrected chi connectivity index (χ4v) is 1.65. The molecule has 6 heteroatoms. The van der Waals surface area contributed by atoms with Gasteiger partial charge in [0, 0.05) is 11.6 Å². The predicted molar refractivity (Wildman–Crippen MR) is 65.8 cm³/mol. The second kappa shape index (κ2) is 4.40. The van der Waals surface area contributed by atoms with E-state index in [0.29, 0.717) is 11.4 Å². The van der Waals surface area contributed by atoms with Crippen LogP contribution in [0.5, 0.6) is 11.5 Å². The highest BCUT2D eigenvalue weighted by Crippen LogP contribution is 2.22. The lowest BCUT2D eigenvalue weighted by atomic mass is 10.2. The second-order valence-electron chi connectivity index (χ2n) is 4.00. The van der Waals surface area contributed by atoms with Crippen LogP contribution in [-0.2, 0) is 0 Å². The topological polar surface area (TPSA) is 98.2 Å². The van der Waals surface area contributed by atoms with Crippen LogP contribution in [0.2, 0.25) is 0 Å². The molecule has 0 spiro atoms. The fourth-order valence-electron chi connectivity index (χ4n) is 1.65. The Labute approximate surface area is 103 Å². The van der Waals surface area contributed by atoms with Crippen molar-refractivity contribution in [1.29, 1.82) is 0 Å². The van der Waals surface area contributed by atoms with Crippen LogP contribution in [0.3, 0.4) is 0 Å². The van der Waals surface area contributed by atoms with E-state index < -0.39 is 5.91 Å². The van der Waals surface area contributed by atoms with E-state index in [1.165, 1.54) is 12.1 Å². The Morgan fingerprint density at radius 1 is 1.22 bits per heavy atom. The Balaban J connectivity index is 2.27. The summed E-state index contributed by atoms with van der Waals surface area (Å²) in [4.78, 5) is 11.9. The fraction of sp³-hybridized carbons (Fsp3) is 0.167. The average Bonchev–Trinajstić information content (AvgIpc) is 2.59. The van der Waals surface area contributed by atoms with Crippen molar-refractivity contribution >= 4 is 11.6 Å². The van der Waals surface area contributed by atoms with Gasteiger partial charge < -0.3 is 15.5 Å². The SMILES string of the molecule is Cc1n[nH]c(C)c1NC(=O)c1cc(O)cc(O)c1. The van der Waals surface area contributed by atoms with Gasteiger partial charge in [-0.05, 0) is 26.0 Å². The summed E-state index contributed by atoms with van der Waals surface area (Å²) in [5, 5.41) is 28.0.